The van der Waals surface area contributed by atoms with E-state index in [4.69, 9.17) is 5.26 Å². The molecule has 1 fully saturated rings. The average Bonchev–Trinajstić information content (AvgIpc) is 2.99. The zero-order valence-electron chi connectivity index (χ0n) is 10.2. The normalized spacial score (nSPS) is 18.2. The Kier molecular flexibility index (Phi) is 2.92. The molecule has 0 aliphatic heterocycles. The first kappa shape index (κ1) is 12.1. The number of nitriles is 1. The molecule has 1 N–H and O–H groups in total. The van der Waals surface area contributed by atoms with Gasteiger partial charge in [0.1, 0.15) is 5.41 Å². The third kappa shape index (κ3) is 2.18. The molecular formula is C12H15N3OS. The number of nitrogens with zero attached hydrogens (tertiary/aromatic N) is 2. The molecule has 1 aliphatic carbocycles. The fraction of sp³-hybridized carbons (Fsp3) is 0.583. The summed E-state index contributed by atoms with van der Waals surface area (Å²) in [6.07, 6.45) is 1.37. The third-order valence-electron chi connectivity index (χ3n) is 3.08. The number of carbonyl (C=O) groups excluding carboxylic acids is 1. The van der Waals surface area contributed by atoms with Crippen molar-refractivity contribution in [3.05, 3.63) is 15.6 Å². The summed E-state index contributed by atoms with van der Waals surface area (Å²) in [5, 5.41) is 12.9. The van der Waals surface area contributed by atoms with E-state index in [0.717, 1.165) is 15.6 Å². The maximum absolute atomic E-state index is 11.9. The average molecular weight is 249 g/mol. The number of aromatic nitrogens is 1. The molecule has 90 valence electrons. The first-order chi connectivity index (χ1) is 7.98. The number of carbonyl (C=O) groups is 1. The summed E-state index contributed by atoms with van der Waals surface area (Å²) in [6, 6.07) is 2.03. The Morgan fingerprint density at radius 1 is 1.59 bits per heavy atom. The number of hydrogen-bond acceptors (Lipinski definition) is 4. The summed E-state index contributed by atoms with van der Waals surface area (Å²) in [5.41, 5.74) is 0.212. The van der Waals surface area contributed by atoms with Crippen molar-refractivity contribution >= 4 is 17.2 Å². The lowest BCUT2D eigenvalue weighted by Crippen LogP contribution is -2.33. The van der Waals surface area contributed by atoms with Gasteiger partial charge in [0, 0.05) is 4.88 Å². The van der Waals surface area contributed by atoms with Crippen molar-refractivity contribution in [2.75, 3.05) is 0 Å². The fourth-order valence-electron chi connectivity index (χ4n) is 1.86. The van der Waals surface area contributed by atoms with Crippen LogP contribution < -0.4 is 5.32 Å². The summed E-state index contributed by atoms with van der Waals surface area (Å²) >= 11 is 1.59. The van der Waals surface area contributed by atoms with Crippen LogP contribution >= 0.6 is 11.3 Å². The van der Waals surface area contributed by atoms with Crippen LogP contribution in [0.25, 0.3) is 0 Å². The molecular weight excluding hydrogens is 234 g/mol. The largest absolute Gasteiger partial charge is 0.347 e. The van der Waals surface area contributed by atoms with Crippen molar-refractivity contribution < 1.29 is 4.79 Å². The lowest BCUT2D eigenvalue weighted by molar-refractivity contribution is -0.125. The van der Waals surface area contributed by atoms with Crippen LogP contribution in [-0.4, -0.2) is 10.9 Å². The molecule has 1 atom stereocenters. The first-order valence-corrected chi connectivity index (χ1v) is 6.46. The van der Waals surface area contributed by atoms with Gasteiger partial charge in [-0.2, -0.15) is 5.26 Å². The molecule has 4 nitrogen and oxygen atoms in total. The van der Waals surface area contributed by atoms with E-state index in [-0.39, 0.29) is 11.9 Å². The summed E-state index contributed by atoms with van der Waals surface area (Å²) in [4.78, 5) is 17.3. The molecule has 17 heavy (non-hydrogen) atoms. The molecule has 0 spiro atoms. The number of thiazole rings is 1. The summed E-state index contributed by atoms with van der Waals surface area (Å²) in [6.45, 7) is 5.83. The summed E-state index contributed by atoms with van der Waals surface area (Å²) in [5.74, 6) is -0.141. The molecule has 1 aromatic rings. The quantitative estimate of drug-likeness (QED) is 0.893. The van der Waals surface area contributed by atoms with Gasteiger partial charge in [0.05, 0.1) is 22.8 Å². The zero-order valence-corrected chi connectivity index (χ0v) is 11.0. The van der Waals surface area contributed by atoms with E-state index in [1.54, 1.807) is 11.3 Å². The summed E-state index contributed by atoms with van der Waals surface area (Å²) < 4.78 is 0. The Morgan fingerprint density at radius 2 is 2.24 bits per heavy atom. The highest BCUT2D eigenvalue weighted by molar-refractivity contribution is 7.11. The molecule has 0 bridgehead atoms. The lowest BCUT2D eigenvalue weighted by atomic mass is 10.1. The molecule has 1 unspecified atom stereocenters. The van der Waals surface area contributed by atoms with Gasteiger partial charge in [0.25, 0.3) is 0 Å². The van der Waals surface area contributed by atoms with Crippen molar-refractivity contribution in [1.82, 2.24) is 10.3 Å². The lowest BCUT2D eigenvalue weighted by Gasteiger charge is -2.14. The highest BCUT2D eigenvalue weighted by Gasteiger charge is 2.51. The van der Waals surface area contributed by atoms with E-state index < -0.39 is 5.41 Å². The second-order valence-corrected chi connectivity index (χ2v) is 5.81. The topological polar surface area (TPSA) is 65.8 Å². The van der Waals surface area contributed by atoms with Gasteiger partial charge >= 0.3 is 0 Å². The third-order valence-corrected chi connectivity index (χ3v) is 4.33. The van der Waals surface area contributed by atoms with E-state index >= 15 is 0 Å². The summed E-state index contributed by atoms with van der Waals surface area (Å²) in [7, 11) is 0. The Morgan fingerprint density at radius 3 is 2.65 bits per heavy atom. The fourth-order valence-corrected chi connectivity index (χ4v) is 2.79. The SMILES string of the molecule is Cc1nc(C)c(C(C)NC(=O)C2(C#N)CC2)s1. The molecule has 0 radical (unpaired) electrons. The van der Waals surface area contributed by atoms with E-state index in [1.807, 2.05) is 20.8 Å². The van der Waals surface area contributed by atoms with Crippen LogP contribution in [0.15, 0.2) is 0 Å². The van der Waals surface area contributed by atoms with Gasteiger partial charge in [0.15, 0.2) is 0 Å². The van der Waals surface area contributed by atoms with Crippen LogP contribution in [0.5, 0.6) is 0 Å². The van der Waals surface area contributed by atoms with E-state index in [2.05, 4.69) is 16.4 Å². The van der Waals surface area contributed by atoms with Crippen molar-refractivity contribution in [3.8, 4) is 6.07 Å². The number of hydrogen-bond donors (Lipinski definition) is 1. The molecule has 2 rings (SSSR count). The molecule has 0 aromatic carbocycles. The molecule has 0 saturated heterocycles. The van der Waals surface area contributed by atoms with Crippen LogP contribution in [0, 0.1) is 30.6 Å². The molecule has 5 heteroatoms. The van der Waals surface area contributed by atoms with Gasteiger partial charge in [-0.1, -0.05) is 0 Å². The predicted octanol–water partition coefficient (Wildman–Crippen LogP) is 2.24. The van der Waals surface area contributed by atoms with Crippen LogP contribution in [0.3, 0.4) is 0 Å². The van der Waals surface area contributed by atoms with Gasteiger partial charge in [-0.25, -0.2) is 4.98 Å². The van der Waals surface area contributed by atoms with Gasteiger partial charge in [0.2, 0.25) is 5.91 Å². The number of amides is 1. The Balaban J connectivity index is 2.08. The second-order valence-electron chi connectivity index (χ2n) is 4.57. The Hall–Kier alpha value is -1.41. The minimum atomic E-state index is -0.748. The van der Waals surface area contributed by atoms with Crippen molar-refractivity contribution in [3.63, 3.8) is 0 Å². The van der Waals surface area contributed by atoms with Gasteiger partial charge in [-0.3, -0.25) is 4.79 Å². The minimum absolute atomic E-state index is 0.0699. The maximum atomic E-state index is 11.9. The zero-order chi connectivity index (χ0) is 12.6. The van der Waals surface area contributed by atoms with Crippen molar-refractivity contribution in [2.24, 2.45) is 5.41 Å². The van der Waals surface area contributed by atoms with Crippen LogP contribution in [-0.2, 0) is 4.79 Å². The predicted molar refractivity (Wildman–Crippen MR) is 65.4 cm³/mol. The number of nitrogens with one attached hydrogen (secondary N) is 1. The molecule has 1 heterocycles. The Bertz CT molecular complexity index is 496. The Labute approximate surface area is 105 Å². The molecule has 1 aromatic heterocycles. The van der Waals surface area contributed by atoms with Crippen LogP contribution in [0.4, 0.5) is 0 Å². The standard InChI is InChI=1S/C12H15N3OS/c1-7-10(17-9(3)14-7)8(2)15-11(16)12(6-13)4-5-12/h8H,4-5H2,1-3H3,(H,15,16). The van der Waals surface area contributed by atoms with Crippen LogP contribution in [0.2, 0.25) is 0 Å². The second kappa shape index (κ2) is 4.11. The first-order valence-electron chi connectivity index (χ1n) is 5.65. The maximum Gasteiger partial charge on any atom is 0.240 e. The van der Waals surface area contributed by atoms with Gasteiger partial charge in [-0.05, 0) is 33.6 Å². The monoisotopic (exact) mass is 249 g/mol. The van der Waals surface area contributed by atoms with E-state index in [0.29, 0.717) is 12.8 Å². The molecule has 1 aliphatic rings. The highest BCUT2D eigenvalue weighted by atomic mass is 32.1. The highest BCUT2D eigenvalue weighted by Crippen LogP contribution is 2.45. The molecule has 1 saturated carbocycles. The number of aryl methyl sites for hydroxylation is 2. The molecule has 1 amide bonds. The smallest absolute Gasteiger partial charge is 0.240 e. The number of rotatable bonds is 3. The van der Waals surface area contributed by atoms with Crippen molar-refractivity contribution in [2.45, 2.75) is 39.7 Å². The van der Waals surface area contributed by atoms with Crippen molar-refractivity contribution in [1.29, 1.82) is 5.26 Å². The van der Waals surface area contributed by atoms with Gasteiger partial charge in [-0.15, -0.1) is 11.3 Å². The van der Waals surface area contributed by atoms with E-state index in [1.165, 1.54) is 0 Å². The van der Waals surface area contributed by atoms with Gasteiger partial charge < -0.3 is 5.32 Å². The minimum Gasteiger partial charge on any atom is -0.347 e. The van der Waals surface area contributed by atoms with Crippen LogP contribution in [0.1, 0.15) is 41.4 Å². The van der Waals surface area contributed by atoms with E-state index in [9.17, 15) is 4.79 Å².